The molecule has 0 fully saturated rings. The van der Waals surface area contributed by atoms with Crippen LogP contribution < -0.4 is 15.4 Å². The van der Waals surface area contributed by atoms with Crippen LogP contribution in [0, 0.1) is 12.7 Å². The second kappa shape index (κ2) is 12.0. The first-order valence-electron chi connectivity index (χ1n) is 10.4. The van der Waals surface area contributed by atoms with E-state index in [4.69, 9.17) is 32.7 Å². The van der Waals surface area contributed by atoms with Crippen LogP contribution in [0.5, 0.6) is 5.75 Å². The third kappa shape index (κ3) is 6.94. The van der Waals surface area contributed by atoms with Crippen molar-refractivity contribution in [3.63, 3.8) is 0 Å². The number of anilines is 2. The van der Waals surface area contributed by atoms with Gasteiger partial charge in [0.05, 0.1) is 29.2 Å². The summed E-state index contributed by atoms with van der Waals surface area (Å²) in [7, 11) is 1.21. The van der Waals surface area contributed by atoms with E-state index in [1.807, 2.05) is 0 Å². The lowest BCUT2D eigenvalue weighted by Crippen LogP contribution is -2.15. The fourth-order valence-corrected chi connectivity index (χ4v) is 4.65. The summed E-state index contributed by atoms with van der Waals surface area (Å²) in [4.78, 5) is 37.9. The molecule has 7 nitrogen and oxygen atoms in total. The Kier molecular flexibility index (Phi) is 9.08. The SMILES string of the molecule is COC(=O)c1c(NC(=O)CCCOc2ccc(Cl)cc2Cl)sc(C(=O)Nc2ccc(F)cc2)c1C. The summed E-state index contributed by atoms with van der Waals surface area (Å²) in [5.74, 6) is -1.54. The maximum atomic E-state index is 13.1. The van der Waals surface area contributed by atoms with E-state index >= 15 is 0 Å². The molecule has 0 atom stereocenters. The van der Waals surface area contributed by atoms with Gasteiger partial charge in [-0.15, -0.1) is 11.3 Å². The normalized spacial score (nSPS) is 10.5. The van der Waals surface area contributed by atoms with Crippen LogP contribution in [0.2, 0.25) is 10.0 Å². The summed E-state index contributed by atoms with van der Waals surface area (Å²) in [5, 5.41) is 6.38. The van der Waals surface area contributed by atoms with E-state index < -0.39 is 17.7 Å². The van der Waals surface area contributed by atoms with E-state index in [-0.39, 0.29) is 34.4 Å². The summed E-state index contributed by atoms with van der Waals surface area (Å²) in [6.45, 7) is 1.81. The third-order valence-corrected chi connectivity index (χ3v) is 6.53. The molecule has 35 heavy (non-hydrogen) atoms. The Labute approximate surface area is 215 Å². The molecule has 2 aromatic carbocycles. The number of nitrogens with one attached hydrogen (secondary N) is 2. The molecule has 1 aromatic heterocycles. The number of ether oxygens (including phenoxy) is 2. The Hall–Kier alpha value is -3.14. The minimum absolute atomic E-state index is 0.0966. The van der Waals surface area contributed by atoms with E-state index in [1.165, 1.54) is 31.4 Å². The fourth-order valence-electron chi connectivity index (χ4n) is 3.08. The molecule has 2 N–H and O–H groups in total. The Morgan fingerprint density at radius 3 is 2.43 bits per heavy atom. The van der Waals surface area contributed by atoms with E-state index in [1.54, 1.807) is 25.1 Å². The fraction of sp³-hybridized carbons (Fsp3) is 0.208. The molecule has 3 aromatic rings. The number of esters is 1. The monoisotopic (exact) mass is 538 g/mol. The van der Waals surface area contributed by atoms with Gasteiger partial charge >= 0.3 is 5.97 Å². The van der Waals surface area contributed by atoms with Crippen LogP contribution in [-0.4, -0.2) is 31.5 Å². The van der Waals surface area contributed by atoms with Gasteiger partial charge in [-0.3, -0.25) is 9.59 Å². The van der Waals surface area contributed by atoms with Crippen molar-refractivity contribution in [2.24, 2.45) is 0 Å². The van der Waals surface area contributed by atoms with E-state index in [0.29, 0.717) is 33.5 Å². The average molecular weight is 539 g/mol. The first-order valence-corrected chi connectivity index (χ1v) is 11.9. The van der Waals surface area contributed by atoms with Gasteiger partial charge in [-0.1, -0.05) is 23.2 Å². The van der Waals surface area contributed by atoms with Gasteiger partial charge in [0.25, 0.3) is 5.91 Å². The van der Waals surface area contributed by atoms with Crippen LogP contribution in [0.3, 0.4) is 0 Å². The molecule has 3 rings (SSSR count). The lowest BCUT2D eigenvalue weighted by atomic mass is 10.1. The molecule has 0 radical (unpaired) electrons. The smallest absolute Gasteiger partial charge is 0.341 e. The molecule has 184 valence electrons. The van der Waals surface area contributed by atoms with Crippen molar-refractivity contribution in [1.82, 2.24) is 0 Å². The quantitative estimate of drug-likeness (QED) is 0.245. The highest BCUT2D eigenvalue weighted by atomic mass is 35.5. The molecule has 0 saturated heterocycles. The second-order valence-corrected chi connectivity index (χ2v) is 9.15. The average Bonchev–Trinajstić information content (AvgIpc) is 3.14. The zero-order chi connectivity index (χ0) is 25.5. The van der Waals surface area contributed by atoms with Crippen LogP contribution >= 0.6 is 34.5 Å². The van der Waals surface area contributed by atoms with Crippen LogP contribution in [0.1, 0.15) is 38.4 Å². The molecule has 0 saturated carbocycles. The molecule has 11 heteroatoms. The van der Waals surface area contributed by atoms with Crippen LogP contribution in [0.15, 0.2) is 42.5 Å². The zero-order valence-electron chi connectivity index (χ0n) is 18.7. The molecule has 0 aliphatic rings. The van der Waals surface area contributed by atoms with Crippen molar-refractivity contribution in [3.05, 3.63) is 74.3 Å². The molecule has 0 aliphatic carbocycles. The van der Waals surface area contributed by atoms with Gasteiger partial charge < -0.3 is 20.1 Å². The van der Waals surface area contributed by atoms with Crippen LogP contribution in [0.25, 0.3) is 0 Å². The Bertz CT molecular complexity index is 1250. The summed E-state index contributed by atoms with van der Waals surface area (Å²) < 4.78 is 23.5. The van der Waals surface area contributed by atoms with Crippen molar-refractivity contribution in [1.29, 1.82) is 0 Å². The number of carbonyl (C=O) groups excluding carboxylic acids is 3. The van der Waals surface area contributed by atoms with Gasteiger partial charge in [-0.25, -0.2) is 9.18 Å². The lowest BCUT2D eigenvalue weighted by Gasteiger charge is -2.09. The maximum absolute atomic E-state index is 13.1. The summed E-state index contributed by atoms with van der Waals surface area (Å²) >= 11 is 12.9. The number of halogens is 3. The maximum Gasteiger partial charge on any atom is 0.341 e. The minimum Gasteiger partial charge on any atom is -0.492 e. The first kappa shape index (κ1) is 26.5. The third-order valence-electron chi connectivity index (χ3n) is 4.80. The highest BCUT2D eigenvalue weighted by Crippen LogP contribution is 2.34. The van der Waals surface area contributed by atoms with Crippen molar-refractivity contribution in [2.75, 3.05) is 24.4 Å². The molecular formula is C24H21Cl2FN2O5S. The minimum atomic E-state index is -0.685. The zero-order valence-corrected chi connectivity index (χ0v) is 21.1. The standard InChI is InChI=1S/C24H21Cl2FN2O5S/c1-13-20(24(32)33-2)23(35-21(13)22(31)28-16-8-6-15(27)7-9-16)29-19(30)4-3-11-34-18-10-5-14(25)12-17(18)26/h5-10,12H,3-4,11H2,1-2H3,(H,28,31)(H,29,30). The van der Waals surface area contributed by atoms with Gasteiger partial charge in [-0.05, 0) is 61.4 Å². The molecular weight excluding hydrogens is 518 g/mol. The van der Waals surface area contributed by atoms with Crippen molar-refractivity contribution < 1.29 is 28.2 Å². The van der Waals surface area contributed by atoms with Gasteiger partial charge in [0.2, 0.25) is 5.91 Å². The summed E-state index contributed by atoms with van der Waals surface area (Å²) in [5.41, 5.74) is 0.840. The molecule has 2 amide bonds. The highest BCUT2D eigenvalue weighted by Gasteiger charge is 2.26. The van der Waals surface area contributed by atoms with Gasteiger partial charge in [-0.2, -0.15) is 0 Å². The number of hydrogen-bond donors (Lipinski definition) is 2. The molecule has 0 aliphatic heterocycles. The number of hydrogen-bond acceptors (Lipinski definition) is 6. The van der Waals surface area contributed by atoms with E-state index in [0.717, 1.165) is 11.3 Å². The van der Waals surface area contributed by atoms with Crippen molar-refractivity contribution in [3.8, 4) is 5.75 Å². The largest absolute Gasteiger partial charge is 0.492 e. The van der Waals surface area contributed by atoms with E-state index in [2.05, 4.69) is 10.6 Å². The van der Waals surface area contributed by atoms with Crippen molar-refractivity contribution in [2.45, 2.75) is 19.8 Å². The predicted molar refractivity (Wildman–Crippen MR) is 135 cm³/mol. The van der Waals surface area contributed by atoms with Gasteiger partial charge in [0.15, 0.2) is 0 Å². The van der Waals surface area contributed by atoms with Crippen molar-refractivity contribution >= 4 is 63.0 Å². The predicted octanol–water partition coefficient (Wildman–Crippen LogP) is 6.34. The summed E-state index contributed by atoms with van der Waals surface area (Å²) in [6.07, 6.45) is 0.473. The topological polar surface area (TPSA) is 93.7 Å². The van der Waals surface area contributed by atoms with E-state index in [9.17, 15) is 18.8 Å². The van der Waals surface area contributed by atoms with Gasteiger partial charge in [0, 0.05) is 17.1 Å². The second-order valence-electron chi connectivity index (χ2n) is 7.29. The Morgan fingerprint density at radius 2 is 1.77 bits per heavy atom. The van der Waals surface area contributed by atoms with Crippen LogP contribution in [0.4, 0.5) is 15.1 Å². The molecule has 1 heterocycles. The van der Waals surface area contributed by atoms with Gasteiger partial charge in [0.1, 0.15) is 16.6 Å². The number of methoxy groups -OCH3 is 1. The number of benzene rings is 2. The molecule has 0 spiro atoms. The number of carbonyl (C=O) groups is 3. The first-order chi connectivity index (χ1) is 16.7. The summed E-state index contributed by atoms with van der Waals surface area (Å²) in [6, 6.07) is 10.1. The Balaban J connectivity index is 1.65. The number of rotatable bonds is 9. The Morgan fingerprint density at radius 1 is 1.06 bits per heavy atom. The number of thiophene rings is 1. The highest BCUT2D eigenvalue weighted by molar-refractivity contribution is 7.18. The van der Waals surface area contributed by atoms with Crippen LogP contribution in [-0.2, 0) is 9.53 Å². The molecule has 0 bridgehead atoms. The molecule has 0 unspecified atom stereocenters. The lowest BCUT2D eigenvalue weighted by molar-refractivity contribution is -0.116. The number of amides is 2.